The van der Waals surface area contributed by atoms with E-state index in [1.807, 2.05) is 44.2 Å². The Morgan fingerprint density at radius 2 is 1.97 bits per heavy atom. The fourth-order valence-electron chi connectivity index (χ4n) is 2.85. The smallest absolute Gasteiger partial charge is 0.260 e. The first-order valence-corrected chi connectivity index (χ1v) is 9.96. The van der Waals surface area contributed by atoms with Gasteiger partial charge in [0.1, 0.15) is 12.4 Å². The summed E-state index contributed by atoms with van der Waals surface area (Å²) in [5.41, 5.74) is 7.32. The minimum atomic E-state index is -0.862. The lowest BCUT2D eigenvalue weighted by atomic mass is 10.0. The fraction of sp³-hybridized carbons (Fsp3) is 0.174. The van der Waals surface area contributed by atoms with E-state index in [1.165, 1.54) is 24.4 Å². The van der Waals surface area contributed by atoms with Crippen LogP contribution in [0.5, 0.6) is 5.75 Å². The van der Waals surface area contributed by atoms with E-state index in [-0.39, 0.29) is 46.1 Å². The highest BCUT2D eigenvalue weighted by Gasteiger charge is 2.21. The first-order chi connectivity index (χ1) is 14.8. The zero-order valence-corrected chi connectivity index (χ0v) is 17.8. The van der Waals surface area contributed by atoms with Crippen molar-refractivity contribution in [3.63, 3.8) is 0 Å². The summed E-state index contributed by atoms with van der Waals surface area (Å²) >= 11 is 6.10. The number of nitrogen functional groups attached to an aromatic ring is 1. The second-order valence-corrected chi connectivity index (χ2v) is 7.60. The van der Waals surface area contributed by atoms with Crippen LogP contribution >= 0.6 is 11.6 Å². The molecule has 3 aromatic rings. The molecule has 0 radical (unpaired) electrons. The predicted octanol–water partition coefficient (Wildman–Crippen LogP) is 5.31. The fourth-order valence-corrected chi connectivity index (χ4v) is 3.08. The van der Waals surface area contributed by atoms with Crippen LogP contribution in [0.15, 0.2) is 54.7 Å². The number of nitrogens with two attached hydrogens (primary N) is 1. The lowest BCUT2D eigenvalue weighted by Crippen LogP contribution is -2.17. The molecular weight excluding hydrogens is 419 g/mol. The molecule has 0 aliphatic rings. The number of carbonyl (C=O) groups excluding carboxylic acids is 1. The van der Waals surface area contributed by atoms with Crippen molar-refractivity contribution in [2.45, 2.75) is 20.5 Å². The Balaban J connectivity index is 1.83. The van der Waals surface area contributed by atoms with Gasteiger partial charge in [0.05, 0.1) is 22.5 Å². The first kappa shape index (κ1) is 22.2. The monoisotopic (exact) mass is 440 g/mol. The van der Waals surface area contributed by atoms with Crippen molar-refractivity contribution in [2.75, 3.05) is 11.1 Å². The third kappa shape index (κ3) is 5.19. The Morgan fingerprint density at radius 1 is 1.26 bits per heavy atom. The lowest BCUT2D eigenvalue weighted by molar-refractivity contribution is 0.102. The highest BCUT2D eigenvalue weighted by atomic mass is 35.5. The van der Waals surface area contributed by atoms with Crippen molar-refractivity contribution in [3.8, 4) is 5.75 Å². The van der Waals surface area contributed by atoms with Gasteiger partial charge in [-0.2, -0.15) is 0 Å². The van der Waals surface area contributed by atoms with E-state index in [1.54, 1.807) is 0 Å². The van der Waals surface area contributed by atoms with Gasteiger partial charge < -0.3 is 21.2 Å². The van der Waals surface area contributed by atoms with Crippen LogP contribution in [0, 0.1) is 17.1 Å². The molecule has 0 unspecified atom stereocenters. The van der Waals surface area contributed by atoms with Crippen LogP contribution in [-0.4, -0.2) is 16.6 Å². The summed E-state index contributed by atoms with van der Waals surface area (Å²) in [5.74, 6) is -1.62. The molecule has 8 heteroatoms. The van der Waals surface area contributed by atoms with E-state index in [4.69, 9.17) is 27.5 Å². The highest BCUT2D eigenvalue weighted by molar-refractivity contribution is 6.34. The Labute approximate surface area is 184 Å². The topological polar surface area (TPSA) is 101 Å². The largest absolute Gasteiger partial charge is 0.486 e. The van der Waals surface area contributed by atoms with Crippen molar-refractivity contribution >= 4 is 34.7 Å². The van der Waals surface area contributed by atoms with Gasteiger partial charge in [-0.25, -0.2) is 9.37 Å². The molecular formula is C23H22ClFN4O2. The quantitative estimate of drug-likeness (QED) is 0.433. The number of aromatic nitrogens is 1. The molecule has 0 atom stereocenters. The lowest BCUT2D eigenvalue weighted by Gasteiger charge is -2.14. The molecule has 0 fully saturated rings. The van der Waals surface area contributed by atoms with Gasteiger partial charge in [0.15, 0.2) is 11.6 Å². The Bertz CT molecular complexity index is 1120. The van der Waals surface area contributed by atoms with E-state index < -0.39 is 11.7 Å². The summed E-state index contributed by atoms with van der Waals surface area (Å²) in [6.45, 7) is 3.84. The second kappa shape index (κ2) is 9.57. The van der Waals surface area contributed by atoms with Crippen LogP contribution in [0.1, 0.15) is 35.3 Å². The number of nitrogens with one attached hydrogen (secondary N) is 2. The van der Waals surface area contributed by atoms with Crippen LogP contribution in [0.2, 0.25) is 5.02 Å². The van der Waals surface area contributed by atoms with Gasteiger partial charge in [-0.3, -0.25) is 4.79 Å². The molecule has 31 heavy (non-hydrogen) atoms. The van der Waals surface area contributed by atoms with Crippen LogP contribution in [-0.2, 0) is 6.61 Å². The van der Waals surface area contributed by atoms with Gasteiger partial charge in [0.25, 0.3) is 5.91 Å². The number of hydrogen-bond acceptors (Lipinski definition) is 5. The van der Waals surface area contributed by atoms with E-state index >= 15 is 4.39 Å². The van der Waals surface area contributed by atoms with Gasteiger partial charge in [0, 0.05) is 11.3 Å². The Kier molecular flexibility index (Phi) is 6.87. The van der Waals surface area contributed by atoms with Crippen molar-refractivity contribution in [1.82, 2.24) is 4.98 Å². The maximum Gasteiger partial charge on any atom is 0.260 e. The van der Waals surface area contributed by atoms with Crippen LogP contribution in [0.3, 0.4) is 0 Å². The molecule has 0 saturated heterocycles. The molecule has 0 bridgehead atoms. The average molecular weight is 441 g/mol. The van der Waals surface area contributed by atoms with Crippen LogP contribution < -0.4 is 15.8 Å². The molecule has 3 rings (SSSR count). The number of anilines is 2. The number of halogens is 2. The summed E-state index contributed by atoms with van der Waals surface area (Å²) < 4.78 is 20.6. The molecule has 1 amide bonds. The second-order valence-electron chi connectivity index (χ2n) is 7.19. The highest BCUT2D eigenvalue weighted by Crippen LogP contribution is 2.29. The van der Waals surface area contributed by atoms with Gasteiger partial charge in [-0.05, 0) is 29.7 Å². The SMILES string of the molecule is CC(C)C(=N)c1cc(NC(=O)c2c(Cl)ccc(OCc3ccccc3)c2F)cnc1N. The maximum absolute atomic E-state index is 15.0. The summed E-state index contributed by atoms with van der Waals surface area (Å²) in [4.78, 5) is 16.8. The third-order valence-electron chi connectivity index (χ3n) is 4.56. The standard InChI is InChI=1S/C23H22ClFN4O2/c1-13(2)21(26)16-10-15(11-28-22(16)27)29-23(30)19-17(24)8-9-18(20(19)25)31-12-14-6-4-3-5-7-14/h3-11,13,26H,12H2,1-2H3,(H2,27,28)(H,29,30). The molecule has 1 heterocycles. The summed E-state index contributed by atoms with van der Waals surface area (Å²) in [6.07, 6.45) is 1.34. The van der Waals surface area contributed by atoms with Crippen molar-refractivity contribution in [1.29, 1.82) is 5.41 Å². The summed E-state index contributed by atoms with van der Waals surface area (Å²) in [6, 6.07) is 13.6. The predicted molar refractivity (Wildman–Crippen MR) is 120 cm³/mol. The molecule has 4 N–H and O–H groups in total. The minimum absolute atomic E-state index is 0.0550. The third-order valence-corrected chi connectivity index (χ3v) is 4.88. The van der Waals surface area contributed by atoms with Gasteiger partial charge >= 0.3 is 0 Å². The number of rotatable bonds is 7. The number of amides is 1. The molecule has 0 spiro atoms. The number of carbonyl (C=O) groups is 1. The van der Waals surface area contributed by atoms with E-state index in [0.29, 0.717) is 5.56 Å². The Hall–Kier alpha value is -3.45. The van der Waals surface area contributed by atoms with E-state index in [9.17, 15) is 4.79 Å². The molecule has 0 saturated carbocycles. The minimum Gasteiger partial charge on any atom is -0.486 e. The summed E-state index contributed by atoms with van der Waals surface area (Å²) in [7, 11) is 0. The first-order valence-electron chi connectivity index (χ1n) is 9.58. The number of nitrogens with zero attached hydrogens (tertiary/aromatic N) is 1. The molecule has 1 aromatic heterocycles. The molecule has 2 aromatic carbocycles. The zero-order chi connectivity index (χ0) is 22.5. The zero-order valence-electron chi connectivity index (χ0n) is 17.1. The number of pyridine rings is 1. The number of ether oxygens (including phenoxy) is 1. The van der Waals surface area contributed by atoms with Crippen molar-refractivity contribution in [3.05, 3.63) is 82.3 Å². The molecule has 160 valence electrons. The molecule has 0 aliphatic carbocycles. The molecule has 6 nitrogen and oxygen atoms in total. The van der Waals surface area contributed by atoms with E-state index in [2.05, 4.69) is 10.3 Å². The normalized spacial score (nSPS) is 10.7. The number of hydrogen-bond donors (Lipinski definition) is 3. The van der Waals surface area contributed by atoms with Crippen LogP contribution in [0.25, 0.3) is 0 Å². The maximum atomic E-state index is 15.0. The summed E-state index contributed by atoms with van der Waals surface area (Å²) in [5, 5.41) is 10.7. The molecule has 0 aliphatic heterocycles. The van der Waals surface area contributed by atoms with Gasteiger partial charge in [-0.1, -0.05) is 55.8 Å². The van der Waals surface area contributed by atoms with Gasteiger partial charge in [0.2, 0.25) is 0 Å². The van der Waals surface area contributed by atoms with Gasteiger partial charge in [-0.15, -0.1) is 0 Å². The van der Waals surface area contributed by atoms with Crippen molar-refractivity contribution in [2.24, 2.45) is 5.92 Å². The van der Waals surface area contributed by atoms with Crippen molar-refractivity contribution < 1.29 is 13.9 Å². The number of benzene rings is 2. The average Bonchev–Trinajstić information content (AvgIpc) is 2.74. The Morgan fingerprint density at radius 3 is 2.65 bits per heavy atom. The van der Waals surface area contributed by atoms with Crippen LogP contribution in [0.4, 0.5) is 15.9 Å². The van der Waals surface area contributed by atoms with E-state index in [0.717, 1.165) is 5.56 Å².